The molecule has 2 aliphatic rings. The number of hydrogen-bond acceptors (Lipinski definition) is 3. The van der Waals surface area contributed by atoms with Gasteiger partial charge in [0, 0.05) is 41.6 Å². The first-order valence-electron chi connectivity index (χ1n) is 11.1. The lowest BCUT2D eigenvalue weighted by Crippen LogP contribution is -2.47. The summed E-state index contributed by atoms with van der Waals surface area (Å²) in [6.45, 7) is 2.31. The largest absolute Gasteiger partial charge is 0.396 e. The number of aliphatic hydroxyl groups excluding tert-OH is 1. The van der Waals surface area contributed by atoms with Crippen LogP contribution in [0.2, 0.25) is 0 Å². The molecule has 154 valence electrons. The molecule has 0 bridgehead atoms. The number of hydrogen-bond donors (Lipinski definition) is 1. The fraction of sp³-hybridized carbons (Fsp3) is 0.520. The Labute approximate surface area is 174 Å². The molecule has 0 saturated heterocycles. The Bertz CT molecular complexity index is 806. The summed E-state index contributed by atoms with van der Waals surface area (Å²) in [4.78, 5) is 20.2. The highest BCUT2D eigenvalue weighted by Crippen LogP contribution is 2.44. The highest BCUT2D eigenvalue weighted by molar-refractivity contribution is 5.95. The van der Waals surface area contributed by atoms with Crippen LogP contribution in [0.15, 0.2) is 48.7 Å². The highest BCUT2D eigenvalue weighted by Gasteiger charge is 2.43. The smallest absolute Gasteiger partial charge is 0.254 e. The van der Waals surface area contributed by atoms with E-state index in [9.17, 15) is 9.90 Å². The van der Waals surface area contributed by atoms with E-state index in [1.165, 1.54) is 5.56 Å². The van der Waals surface area contributed by atoms with Crippen LogP contribution in [0.1, 0.15) is 73.5 Å². The maximum absolute atomic E-state index is 13.4. The SMILES string of the molecule is CCc1ccc(C(=O)N(C2CC2)C2CCC(CCO)(c3ccccn3)CC2)cc1. The van der Waals surface area contributed by atoms with Crippen molar-refractivity contribution < 1.29 is 9.90 Å². The van der Waals surface area contributed by atoms with E-state index < -0.39 is 0 Å². The molecule has 0 aliphatic heterocycles. The fourth-order valence-corrected chi connectivity index (χ4v) is 4.97. The minimum atomic E-state index is -0.0620. The summed E-state index contributed by atoms with van der Waals surface area (Å²) in [5.74, 6) is 0.188. The van der Waals surface area contributed by atoms with E-state index in [2.05, 4.69) is 35.0 Å². The number of rotatable bonds is 7. The molecule has 1 N–H and O–H groups in total. The molecule has 0 radical (unpaired) electrons. The van der Waals surface area contributed by atoms with Crippen molar-refractivity contribution in [3.63, 3.8) is 0 Å². The van der Waals surface area contributed by atoms with E-state index in [-0.39, 0.29) is 24.0 Å². The lowest BCUT2D eigenvalue weighted by atomic mass is 9.68. The monoisotopic (exact) mass is 392 g/mol. The van der Waals surface area contributed by atoms with Crippen LogP contribution in [-0.4, -0.2) is 39.6 Å². The number of amides is 1. The molecule has 1 amide bonds. The molecular formula is C25H32N2O2. The zero-order chi connectivity index (χ0) is 20.3. The number of benzene rings is 1. The van der Waals surface area contributed by atoms with Gasteiger partial charge in [0.1, 0.15) is 0 Å². The van der Waals surface area contributed by atoms with E-state index in [0.29, 0.717) is 6.04 Å². The zero-order valence-corrected chi connectivity index (χ0v) is 17.4. The normalized spacial score (nSPS) is 24.3. The van der Waals surface area contributed by atoms with Crippen LogP contribution >= 0.6 is 0 Å². The van der Waals surface area contributed by atoms with Gasteiger partial charge in [0.15, 0.2) is 0 Å². The predicted octanol–water partition coefficient (Wildman–Crippen LogP) is 4.51. The fourth-order valence-electron chi connectivity index (χ4n) is 4.97. The molecule has 0 atom stereocenters. The number of aliphatic hydroxyl groups is 1. The van der Waals surface area contributed by atoms with Gasteiger partial charge < -0.3 is 10.0 Å². The molecule has 0 spiro atoms. The van der Waals surface area contributed by atoms with Gasteiger partial charge in [0.05, 0.1) is 0 Å². The van der Waals surface area contributed by atoms with Gasteiger partial charge in [-0.05, 0) is 81.2 Å². The van der Waals surface area contributed by atoms with Crippen LogP contribution in [-0.2, 0) is 11.8 Å². The Kier molecular flexibility index (Phi) is 6.00. The Morgan fingerprint density at radius 2 is 1.76 bits per heavy atom. The maximum Gasteiger partial charge on any atom is 0.254 e. The van der Waals surface area contributed by atoms with Gasteiger partial charge >= 0.3 is 0 Å². The van der Waals surface area contributed by atoms with E-state index >= 15 is 0 Å². The van der Waals surface area contributed by atoms with Gasteiger partial charge in [-0.3, -0.25) is 9.78 Å². The second kappa shape index (κ2) is 8.66. The molecular weight excluding hydrogens is 360 g/mol. The van der Waals surface area contributed by atoms with Crippen molar-refractivity contribution in [3.8, 4) is 0 Å². The molecule has 4 heteroatoms. The summed E-state index contributed by atoms with van der Waals surface area (Å²) < 4.78 is 0. The van der Waals surface area contributed by atoms with Gasteiger partial charge in [0.2, 0.25) is 0 Å². The number of aryl methyl sites for hydroxylation is 1. The van der Waals surface area contributed by atoms with Crippen LogP contribution in [0, 0.1) is 0 Å². The molecule has 2 aromatic rings. The van der Waals surface area contributed by atoms with E-state index in [1.807, 2.05) is 30.5 Å². The van der Waals surface area contributed by atoms with Crippen LogP contribution in [0.5, 0.6) is 0 Å². The average molecular weight is 393 g/mol. The Morgan fingerprint density at radius 3 is 2.31 bits per heavy atom. The molecule has 29 heavy (non-hydrogen) atoms. The van der Waals surface area contributed by atoms with Crippen molar-refractivity contribution >= 4 is 5.91 Å². The van der Waals surface area contributed by atoms with Crippen LogP contribution in [0.4, 0.5) is 0 Å². The highest BCUT2D eigenvalue weighted by atomic mass is 16.3. The lowest BCUT2D eigenvalue weighted by Gasteiger charge is -2.43. The predicted molar refractivity (Wildman–Crippen MR) is 115 cm³/mol. The molecule has 1 aromatic heterocycles. The van der Waals surface area contributed by atoms with Crippen molar-refractivity contribution in [2.75, 3.05) is 6.61 Å². The van der Waals surface area contributed by atoms with E-state index in [0.717, 1.165) is 62.6 Å². The van der Waals surface area contributed by atoms with E-state index in [4.69, 9.17) is 0 Å². The molecule has 4 nitrogen and oxygen atoms in total. The van der Waals surface area contributed by atoms with Crippen molar-refractivity contribution in [2.24, 2.45) is 0 Å². The maximum atomic E-state index is 13.4. The first-order chi connectivity index (χ1) is 14.2. The summed E-state index contributed by atoms with van der Waals surface area (Å²) in [6, 6.07) is 14.9. The summed E-state index contributed by atoms with van der Waals surface area (Å²) in [6.07, 6.45) is 9.73. The topological polar surface area (TPSA) is 53.4 Å². The third-order valence-electron chi connectivity index (χ3n) is 6.89. The first kappa shape index (κ1) is 20.1. The first-order valence-corrected chi connectivity index (χ1v) is 11.1. The van der Waals surface area contributed by atoms with Crippen LogP contribution in [0.3, 0.4) is 0 Å². The Hall–Kier alpha value is -2.20. The van der Waals surface area contributed by atoms with Crippen molar-refractivity contribution in [3.05, 3.63) is 65.5 Å². The van der Waals surface area contributed by atoms with Gasteiger partial charge in [0.25, 0.3) is 5.91 Å². The summed E-state index contributed by atoms with van der Waals surface area (Å²) in [5, 5.41) is 9.71. The summed E-state index contributed by atoms with van der Waals surface area (Å²) in [5.41, 5.74) is 3.10. The molecule has 1 heterocycles. The molecule has 1 aromatic carbocycles. The van der Waals surface area contributed by atoms with Crippen molar-refractivity contribution in [2.45, 2.75) is 75.8 Å². The van der Waals surface area contributed by atoms with Crippen molar-refractivity contribution in [1.29, 1.82) is 0 Å². The molecule has 2 aliphatic carbocycles. The molecule has 4 rings (SSSR count). The number of carbonyl (C=O) groups excluding carboxylic acids is 1. The second-order valence-electron chi connectivity index (χ2n) is 8.69. The lowest BCUT2D eigenvalue weighted by molar-refractivity contribution is 0.0548. The number of pyridine rings is 1. The Morgan fingerprint density at radius 1 is 1.07 bits per heavy atom. The molecule has 0 unspecified atom stereocenters. The second-order valence-corrected chi connectivity index (χ2v) is 8.69. The standard InChI is InChI=1S/C25H32N2O2/c1-2-19-6-8-20(9-7-19)24(29)27(21-10-11-21)22-12-14-25(15-13-22,16-18-28)23-5-3-4-17-26-23/h3-9,17,21-22,28H,2,10-16,18H2,1H3. The minimum absolute atomic E-state index is 0.0620. The van der Waals surface area contributed by atoms with Gasteiger partial charge in [-0.25, -0.2) is 0 Å². The van der Waals surface area contributed by atoms with E-state index in [1.54, 1.807) is 0 Å². The van der Waals surface area contributed by atoms with Gasteiger partial charge in [-0.1, -0.05) is 25.1 Å². The van der Waals surface area contributed by atoms with Crippen LogP contribution < -0.4 is 0 Å². The number of carbonyl (C=O) groups is 1. The average Bonchev–Trinajstić information content (AvgIpc) is 3.61. The zero-order valence-electron chi connectivity index (χ0n) is 17.4. The van der Waals surface area contributed by atoms with Gasteiger partial charge in [-0.2, -0.15) is 0 Å². The van der Waals surface area contributed by atoms with Crippen molar-refractivity contribution in [1.82, 2.24) is 9.88 Å². The third-order valence-corrected chi connectivity index (χ3v) is 6.89. The summed E-state index contributed by atoms with van der Waals surface area (Å²) >= 11 is 0. The quantitative estimate of drug-likeness (QED) is 0.754. The molecule has 2 fully saturated rings. The molecule has 2 saturated carbocycles. The number of aromatic nitrogens is 1. The minimum Gasteiger partial charge on any atom is -0.396 e. The summed E-state index contributed by atoms with van der Waals surface area (Å²) in [7, 11) is 0. The van der Waals surface area contributed by atoms with Crippen LogP contribution in [0.25, 0.3) is 0 Å². The number of nitrogens with zero attached hydrogens (tertiary/aromatic N) is 2. The van der Waals surface area contributed by atoms with Gasteiger partial charge in [-0.15, -0.1) is 0 Å². The third kappa shape index (κ3) is 4.23. The Balaban J connectivity index is 1.51.